The Morgan fingerprint density at radius 2 is 2.20 bits per heavy atom. The number of hydrogen-bond donors (Lipinski definition) is 1. The third kappa shape index (κ3) is 1.49. The van der Waals surface area contributed by atoms with Crippen LogP contribution < -0.4 is 5.73 Å². The van der Waals surface area contributed by atoms with Gasteiger partial charge in [-0.15, -0.1) is 0 Å². The van der Waals surface area contributed by atoms with Crippen LogP contribution in [0.5, 0.6) is 0 Å². The predicted molar refractivity (Wildman–Crippen MR) is 44.1 cm³/mol. The molecule has 0 aliphatic heterocycles. The fraction of sp³-hybridized carbons (Fsp3) is 0.250. The lowest BCUT2D eigenvalue weighted by Crippen LogP contribution is -1.96. The molecule has 10 heavy (non-hydrogen) atoms. The molecule has 0 bridgehead atoms. The lowest BCUT2D eigenvalue weighted by molar-refractivity contribution is 1.07. The van der Waals surface area contributed by atoms with Crippen LogP contribution in [-0.4, -0.2) is 0 Å². The minimum absolute atomic E-state index is 0.514. The van der Waals surface area contributed by atoms with Crippen molar-refractivity contribution in [3.05, 3.63) is 34.3 Å². The van der Waals surface area contributed by atoms with E-state index in [4.69, 9.17) is 17.3 Å². The molecule has 1 nitrogen and oxygen atoms in total. The molecule has 0 aliphatic rings. The highest BCUT2D eigenvalue weighted by molar-refractivity contribution is 6.31. The zero-order valence-corrected chi connectivity index (χ0v) is 6.65. The molecule has 54 valence electrons. The standard InChI is InChI=1S/C8H10ClN/c1-6-2-3-8(9)7(4-6)5-10/h2-4H,5,10H2,1H3. The van der Waals surface area contributed by atoms with Gasteiger partial charge < -0.3 is 5.73 Å². The van der Waals surface area contributed by atoms with Gasteiger partial charge in [0.05, 0.1) is 0 Å². The number of hydrogen-bond acceptors (Lipinski definition) is 1. The average molecular weight is 156 g/mol. The molecule has 2 heteroatoms. The van der Waals surface area contributed by atoms with E-state index < -0.39 is 0 Å². The lowest BCUT2D eigenvalue weighted by atomic mass is 10.1. The Kier molecular flexibility index (Phi) is 2.30. The Bertz CT molecular complexity index is 233. The molecule has 0 saturated carbocycles. The Morgan fingerprint density at radius 3 is 2.70 bits per heavy atom. The second-order valence-electron chi connectivity index (χ2n) is 2.30. The van der Waals surface area contributed by atoms with Crippen LogP contribution in [0.1, 0.15) is 11.1 Å². The molecule has 0 aromatic heterocycles. The van der Waals surface area contributed by atoms with Crippen molar-refractivity contribution in [2.24, 2.45) is 5.73 Å². The predicted octanol–water partition coefficient (Wildman–Crippen LogP) is 2.11. The summed E-state index contributed by atoms with van der Waals surface area (Å²) in [5.74, 6) is 0. The molecule has 1 rings (SSSR count). The third-order valence-corrected chi connectivity index (χ3v) is 1.79. The van der Waals surface area contributed by atoms with Gasteiger partial charge in [-0.3, -0.25) is 0 Å². The highest BCUT2D eigenvalue weighted by Gasteiger charge is 1.95. The molecule has 0 spiro atoms. The number of halogens is 1. The molecule has 0 aliphatic carbocycles. The summed E-state index contributed by atoms with van der Waals surface area (Å²) in [7, 11) is 0. The van der Waals surface area contributed by atoms with Crippen LogP contribution in [0.4, 0.5) is 0 Å². The second-order valence-corrected chi connectivity index (χ2v) is 2.71. The second kappa shape index (κ2) is 3.04. The highest BCUT2D eigenvalue weighted by Crippen LogP contribution is 2.15. The molecule has 0 radical (unpaired) electrons. The van der Waals surface area contributed by atoms with Gasteiger partial charge >= 0.3 is 0 Å². The summed E-state index contributed by atoms with van der Waals surface area (Å²) in [6.07, 6.45) is 0. The Balaban J connectivity index is 3.09. The molecule has 0 unspecified atom stereocenters. The van der Waals surface area contributed by atoms with Crippen molar-refractivity contribution in [2.75, 3.05) is 0 Å². The van der Waals surface area contributed by atoms with Gasteiger partial charge in [-0.2, -0.15) is 0 Å². The van der Waals surface area contributed by atoms with Gasteiger partial charge in [-0.25, -0.2) is 0 Å². The average Bonchev–Trinajstić information content (AvgIpc) is 1.94. The summed E-state index contributed by atoms with van der Waals surface area (Å²) in [4.78, 5) is 0. The van der Waals surface area contributed by atoms with Gasteiger partial charge in [0, 0.05) is 11.6 Å². The van der Waals surface area contributed by atoms with Gasteiger partial charge in [0.25, 0.3) is 0 Å². The Hall–Kier alpha value is -0.530. The zero-order chi connectivity index (χ0) is 7.56. The maximum atomic E-state index is 5.82. The fourth-order valence-electron chi connectivity index (χ4n) is 0.860. The molecule has 0 saturated heterocycles. The van der Waals surface area contributed by atoms with Crippen LogP contribution in [0.2, 0.25) is 5.02 Å². The molecular formula is C8H10ClN. The number of benzene rings is 1. The summed E-state index contributed by atoms with van der Waals surface area (Å²) in [5.41, 5.74) is 7.65. The highest BCUT2D eigenvalue weighted by atomic mass is 35.5. The van der Waals surface area contributed by atoms with E-state index in [0.29, 0.717) is 6.54 Å². The van der Waals surface area contributed by atoms with Gasteiger partial charge in [-0.05, 0) is 18.6 Å². The van der Waals surface area contributed by atoms with Crippen LogP contribution in [-0.2, 0) is 6.54 Å². The minimum Gasteiger partial charge on any atom is -0.326 e. The molecule has 0 amide bonds. The van der Waals surface area contributed by atoms with Gasteiger partial charge in [-0.1, -0.05) is 29.3 Å². The first-order valence-electron chi connectivity index (χ1n) is 3.19. The summed E-state index contributed by atoms with van der Waals surface area (Å²) >= 11 is 5.82. The minimum atomic E-state index is 0.514. The van der Waals surface area contributed by atoms with Crippen molar-refractivity contribution in [2.45, 2.75) is 13.5 Å². The quantitative estimate of drug-likeness (QED) is 0.661. The van der Waals surface area contributed by atoms with Crippen LogP contribution >= 0.6 is 11.6 Å². The van der Waals surface area contributed by atoms with Gasteiger partial charge in [0.2, 0.25) is 0 Å². The zero-order valence-electron chi connectivity index (χ0n) is 5.89. The van der Waals surface area contributed by atoms with Crippen molar-refractivity contribution < 1.29 is 0 Å². The Labute approximate surface area is 65.8 Å². The maximum absolute atomic E-state index is 5.82. The van der Waals surface area contributed by atoms with E-state index in [1.165, 1.54) is 5.56 Å². The molecule has 0 fully saturated rings. The van der Waals surface area contributed by atoms with Crippen molar-refractivity contribution in [3.8, 4) is 0 Å². The molecular weight excluding hydrogens is 146 g/mol. The van der Waals surface area contributed by atoms with Crippen LogP contribution in [0.15, 0.2) is 18.2 Å². The van der Waals surface area contributed by atoms with E-state index in [0.717, 1.165) is 10.6 Å². The smallest absolute Gasteiger partial charge is 0.0451 e. The lowest BCUT2D eigenvalue weighted by Gasteiger charge is -2.00. The van der Waals surface area contributed by atoms with Crippen LogP contribution in [0.25, 0.3) is 0 Å². The van der Waals surface area contributed by atoms with E-state index in [1.807, 2.05) is 25.1 Å². The molecule has 0 atom stereocenters. The first-order valence-corrected chi connectivity index (χ1v) is 3.57. The number of aryl methyl sites for hydroxylation is 1. The van der Waals surface area contributed by atoms with Crippen molar-refractivity contribution >= 4 is 11.6 Å². The molecule has 0 heterocycles. The monoisotopic (exact) mass is 155 g/mol. The summed E-state index contributed by atoms with van der Waals surface area (Å²) in [6, 6.07) is 5.85. The first kappa shape index (κ1) is 7.58. The summed E-state index contributed by atoms with van der Waals surface area (Å²) in [6.45, 7) is 2.54. The SMILES string of the molecule is Cc1ccc(Cl)c(CN)c1. The van der Waals surface area contributed by atoms with Gasteiger partial charge in [0.1, 0.15) is 0 Å². The van der Waals surface area contributed by atoms with E-state index in [2.05, 4.69) is 0 Å². The largest absolute Gasteiger partial charge is 0.326 e. The number of rotatable bonds is 1. The third-order valence-electron chi connectivity index (χ3n) is 1.42. The molecule has 1 aromatic carbocycles. The fourth-order valence-corrected chi connectivity index (χ4v) is 1.05. The topological polar surface area (TPSA) is 26.0 Å². The summed E-state index contributed by atoms with van der Waals surface area (Å²) in [5, 5.41) is 0.758. The van der Waals surface area contributed by atoms with Crippen molar-refractivity contribution in [1.29, 1.82) is 0 Å². The summed E-state index contributed by atoms with van der Waals surface area (Å²) < 4.78 is 0. The molecule has 2 N–H and O–H groups in total. The molecule has 1 aromatic rings. The van der Waals surface area contributed by atoms with E-state index >= 15 is 0 Å². The van der Waals surface area contributed by atoms with Crippen molar-refractivity contribution in [1.82, 2.24) is 0 Å². The van der Waals surface area contributed by atoms with Crippen LogP contribution in [0.3, 0.4) is 0 Å². The maximum Gasteiger partial charge on any atom is 0.0451 e. The van der Waals surface area contributed by atoms with Crippen LogP contribution in [0, 0.1) is 6.92 Å². The number of nitrogens with two attached hydrogens (primary N) is 1. The normalized spacial score (nSPS) is 9.90. The van der Waals surface area contributed by atoms with E-state index in [9.17, 15) is 0 Å². The van der Waals surface area contributed by atoms with E-state index in [1.54, 1.807) is 0 Å². The van der Waals surface area contributed by atoms with Crippen molar-refractivity contribution in [3.63, 3.8) is 0 Å². The first-order chi connectivity index (χ1) is 4.74. The Morgan fingerprint density at radius 1 is 1.50 bits per heavy atom. The van der Waals surface area contributed by atoms with E-state index in [-0.39, 0.29) is 0 Å². The van der Waals surface area contributed by atoms with Gasteiger partial charge in [0.15, 0.2) is 0 Å².